The lowest BCUT2D eigenvalue weighted by Gasteiger charge is -2.10. The maximum atomic E-state index is 13.5. The number of aromatic amines is 1. The Morgan fingerprint density at radius 1 is 1.25 bits per heavy atom. The molecule has 5 heteroatoms. The van der Waals surface area contributed by atoms with Crippen LogP contribution in [0.3, 0.4) is 0 Å². The van der Waals surface area contributed by atoms with Crippen molar-refractivity contribution < 1.29 is 4.39 Å². The Morgan fingerprint density at radius 3 is 2.70 bits per heavy atom. The maximum absolute atomic E-state index is 13.5. The quantitative estimate of drug-likeness (QED) is 0.913. The molecule has 1 aliphatic carbocycles. The van der Waals surface area contributed by atoms with Crippen LogP contribution in [0, 0.1) is 5.82 Å². The van der Waals surface area contributed by atoms with Crippen molar-refractivity contribution in [3.8, 4) is 11.4 Å². The maximum Gasteiger partial charge on any atom is 0.251 e. The van der Waals surface area contributed by atoms with Crippen LogP contribution >= 0.6 is 11.6 Å². The topological polar surface area (TPSA) is 45.8 Å². The van der Waals surface area contributed by atoms with Gasteiger partial charge in [-0.1, -0.05) is 24.4 Å². The summed E-state index contributed by atoms with van der Waals surface area (Å²) in [6.07, 6.45) is 4.46. The van der Waals surface area contributed by atoms with Crippen molar-refractivity contribution in [1.82, 2.24) is 9.97 Å². The number of hydrogen-bond donors (Lipinski definition) is 1. The Morgan fingerprint density at radius 2 is 2.00 bits per heavy atom. The highest BCUT2D eigenvalue weighted by molar-refractivity contribution is 6.30. The first-order chi connectivity index (χ1) is 9.63. The van der Waals surface area contributed by atoms with Crippen molar-refractivity contribution in [3.63, 3.8) is 0 Å². The van der Waals surface area contributed by atoms with Crippen LogP contribution in [-0.4, -0.2) is 9.97 Å². The molecule has 0 bridgehead atoms. The van der Waals surface area contributed by atoms with Crippen molar-refractivity contribution in [2.24, 2.45) is 0 Å². The van der Waals surface area contributed by atoms with Crippen LogP contribution in [-0.2, 0) is 0 Å². The number of halogens is 2. The number of H-pyrrole nitrogens is 1. The van der Waals surface area contributed by atoms with Gasteiger partial charge >= 0.3 is 0 Å². The Hall–Kier alpha value is -1.68. The standard InChI is InChI=1S/C15H14ClFN2O/c16-11-6-5-10(7-12(11)17)15-18-13(8-14(20)19-15)9-3-1-2-4-9/h5-9H,1-4H2,(H,18,19,20). The highest BCUT2D eigenvalue weighted by Crippen LogP contribution is 2.33. The van der Waals surface area contributed by atoms with Crippen LogP contribution in [0.15, 0.2) is 29.1 Å². The fourth-order valence-electron chi connectivity index (χ4n) is 2.69. The second kappa shape index (κ2) is 5.37. The molecule has 1 heterocycles. The minimum atomic E-state index is -0.516. The van der Waals surface area contributed by atoms with Gasteiger partial charge in [0.1, 0.15) is 11.6 Å². The van der Waals surface area contributed by atoms with E-state index < -0.39 is 5.82 Å². The smallest absolute Gasteiger partial charge is 0.251 e. The summed E-state index contributed by atoms with van der Waals surface area (Å²) in [6.45, 7) is 0. The number of hydrogen-bond acceptors (Lipinski definition) is 2. The summed E-state index contributed by atoms with van der Waals surface area (Å²) in [5.74, 6) is 0.223. The van der Waals surface area contributed by atoms with Crippen molar-refractivity contribution in [2.75, 3.05) is 0 Å². The highest BCUT2D eigenvalue weighted by Gasteiger charge is 2.19. The first kappa shape index (κ1) is 13.3. The van der Waals surface area contributed by atoms with E-state index in [2.05, 4.69) is 9.97 Å². The fraction of sp³-hybridized carbons (Fsp3) is 0.333. The first-order valence-electron chi connectivity index (χ1n) is 6.70. The van der Waals surface area contributed by atoms with Crippen LogP contribution in [0.2, 0.25) is 5.02 Å². The Bertz CT molecular complexity index is 693. The summed E-state index contributed by atoms with van der Waals surface area (Å²) in [4.78, 5) is 18.9. The summed E-state index contributed by atoms with van der Waals surface area (Å²) >= 11 is 5.67. The van der Waals surface area contributed by atoms with Gasteiger partial charge in [0.15, 0.2) is 0 Å². The van der Waals surface area contributed by atoms with Crippen molar-refractivity contribution in [1.29, 1.82) is 0 Å². The Labute approximate surface area is 120 Å². The molecule has 1 N–H and O–H groups in total. The van der Waals surface area contributed by atoms with Crippen molar-refractivity contribution in [3.05, 3.63) is 51.2 Å². The van der Waals surface area contributed by atoms with Gasteiger partial charge < -0.3 is 4.98 Å². The van der Waals surface area contributed by atoms with Crippen LogP contribution in [0.5, 0.6) is 0 Å². The molecule has 0 radical (unpaired) electrons. The molecule has 0 amide bonds. The van der Waals surface area contributed by atoms with E-state index in [1.807, 2.05) is 0 Å². The fourth-order valence-corrected chi connectivity index (χ4v) is 2.80. The number of rotatable bonds is 2. The lowest BCUT2D eigenvalue weighted by molar-refractivity contribution is 0.628. The largest absolute Gasteiger partial charge is 0.307 e. The van der Waals surface area contributed by atoms with Crippen LogP contribution in [0.25, 0.3) is 11.4 Å². The van der Waals surface area contributed by atoms with Crippen molar-refractivity contribution >= 4 is 11.6 Å². The zero-order valence-electron chi connectivity index (χ0n) is 10.8. The van der Waals surface area contributed by atoms with E-state index in [1.165, 1.54) is 25.0 Å². The molecule has 1 fully saturated rings. The molecule has 3 rings (SSSR count). The average molecular weight is 293 g/mol. The lowest BCUT2D eigenvalue weighted by atomic mass is 10.0. The average Bonchev–Trinajstić information content (AvgIpc) is 2.95. The van der Waals surface area contributed by atoms with E-state index in [0.717, 1.165) is 18.5 Å². The molecule has 1 aliphatic rings. The molecular weight excluding hydrogens is 279 g/mol. The zero-order chi connectivity index (χ0) is 14.1. The summed E-state index contributed by atoms with van der Waals surface area (Å²) < 4.78 is 13.5. The third kappa shape index (κ3) is 2.61. The SMILES string of the molecule is O=c1cc(C2CCCC2)nc(-c2ccc(Cl)c(F)c2)[nH]1. The lowest BCUT2D eigenvalue weighted by Crippen LogP contribution is -2.12. The Balaban J connectivity index is 2.04. The predicted molar refractivity (Wildman–Crippen MR) is 76.5 cm³/mol. The molecule has 2 aromatic rings. The van der Waals surface area contributed by atoms with E-state index in [4.69, 9.17) is 11.6 Å². The van der Waals surface area contributed by atoms with Crippen LogP contribution in [0.1, 0.15) is 37.3 Å². The molecule has 1 saturated carbocycles. The van der Waals surface area contributed by atoms with Gasteiger partial charge in [-0.05, 0) is 31.0 Å². The first-order valence-corrected chi connectivity index (χ1v) is 7.08. The molecule has 0 saturated heterocycles. The predicted octanol–water partition coefficient (Wildman–Crippen LogP) is 3.89. The summed E-state index contributed by atoms with van der Waals surface area (Å²) in [6, 6.07) is 5.96. The summed E-state index contributed by atoms with van der Waals surface area (Å²) in [5.41, 5.74) is 1.13. The van der Waals surface area contributed by atoms with Gasteiger partial charge in [0.25, 0.3) is 5.56 Å². The van der Waals surface area contributed by atoms with Crippen LogP contribution in [0.4, 0.5) is 4.39 Å². The number of nitrogens with one attached hydrogen (secondary N) is 1. The molecule has 3 nitrogen and oxygen atoms in total. The molecule has 20 heavy (non-hydrogen) atoms. The summed E-state index contributed by atoms with van der Waals surface area (Å²) in [7, 11) is 0. The van der Waals surface area contributed by atoms with Gasteiger partial charge in [-0.15, -0.1) is 0 Å². The third-order valence-corrected chi connectivity index (χ3v) is 4.03. The van der Waals surface area contributed by atoms with E-state index in [1.54, 1.807) is 12.1 Å². The van der Waals surface area contributed by atoms with Gasteiger partial charge in [-0.2, -0.15) is 0 Å². The molecule has 0 spiro atoms. The molecular formula is C15H14ClFN2O. The van der Waals surface area contributed by atoms with E-state index >= 15 is 0 Å². The Kier molecular flexibility index (Phi) is 3.57. The minimum absolute atomic E-state index is 0.0584. The monoisotopic (exact) mass is 292 g/mol. The van der Waals surface area contributed by atoms with E-state index in [-0.39, 0.29) is 10.6 Å². The van der Waals surface area contributed by atoms with Crippen LogP contribution < -0.4 is 5.56 Å². The minimum Gasteiger partial charge on any atom is -0.307 e. The molecule has 0 unspecified atom stereocenters. The number of aromatic nitrogens is 2. The van der Waals surface area contributed by atoms with Gasteiger partial charge in [-0.25, -0.2) is 9.37 Å². The number of nitrogens with zero attached hydrogens (tertiary/aromatic N) is 1. The second-order valence-electron chi connectivity index (χ2n) is 5.13. The highest BCUT2D eigenvalue weighted by atomic mass is 35.5. The molecule has 0 atom stereocenters. The molecule has 104 valence electrons. The zero-order valence-corrected chi connectivity index (χ0v) is 11.6. The molecule has 1 aromatic carbocycles. The van der Waals surface area contributed by atoms with E-state index in [0.29, 0.717) is 17.3 Å². The van der Waals surface area contributed by atoms with Gasteiger partial charge in [0.05, 0.1) is 10.7 Å². The third-order valence-electron chi connectivity index (χ3n) is 3.73. The number of benzene rings is 1. The molecule has 0 aliphatic heterocycles. The van der Waals surface area contributed by atoms with Gasteiger partial charge in [0, 0.05) is 17.5 Å². The molecule has 1 aromatic heterocycles. The van der Waals surface area contributed by atoms with Gasteiger partial charge in [0.2, 0.25) is 0 Å². The van der Waals surface area contributed by atoms with Gasteiger partial charge in [-0.3, -0.25) is 4.79 Å². The van der Waals surface area contributed by atoms with Crippen molar-refractivity contribution in [2.45, 2.75) is 31.6 Å². The summed E-state index contributed by atoms with van der Waals surface area (Å²) in [5, 5.41) is 0.0584. The second-order valence-corrected chi connectivity index (χ2v) is 5.54. The van der Waals surface area contributed by atoms with E-state index in [9.17, 15) is 9.18 Å². The normalized spacial score (nSPS) is 15.7.